The molecule has 1 aliphatic heterocycles. The van der Waals surface area contributed by atoms with E-state index >= 15 is 0 Å². The highest BCUT2D eigenvalue weighted by Gasteiger charge is 2.30. The van der Waals surface area contributed by atoms with Gasteiger partial charge in [-0.25, -0.2) is 9.50 Å². The van der Waals surface area contributed by atoms with Gasteiger partial charge in [0.25, 0.3) is 0 Å². The SMILES string of the molecule is Cc1cc2c(N3CCN(C(C)C(=O)NC4CC4)CC3)nccn2n1. The number of carbonyl (C=O) groups excluding carboxylic acids is 1. The molecule has 0 aromatic carbocycles. The molecule has 1 amide bonds. The summed E-state index contributed by atoms with van der Waals surface area (Å²) in [6, 6.07) is 2.43. The molecule has 2 aliphatic rings. The molecule has 0 spiro atoms. The second-order valence-corrected chi connectivity index (χ2v) is 6.85. The minimum Gasteiger partial charge on any atom is -0.352 e. The average molecular weight is 328 g/mol. The van der Waals surface area contributed by atoms with Crippen LogP contribution in [0.4, 0.5) is 5.82 Å². The van der Waals surface area contributed by atoms with E-state index < -0.39 is 0 Å². The minimum absolute atomic E-state index is 0.0614. The van der Waals surface area contributed by atoms with Crippen molar-refractivity contribution < 1.29 is 4.79 Å². The van der Waals surface area contributed by atoms with Gasteiger partial charge in [-0.3, -0.25) is 9.69 Å². The number of piperazine rings is 1. The van der Waals surface area contributed by atoms with E-state index in [1.807, 2.05) is 24.6 Å². The van der Waals surface area contributed by atoms with Crippen LogP contribution < -0.4 is 10.2 Å². The van der Waals surface area contributed by atoms with Gasteiger partial charge in [0.15, 0.2) is 5.82 Å². The van der Waals surface area contributed by atoms with Gasteiger partial charge >= 0.3 is 0 Å². The van der Waals surface area contributed by atoms with E-state index in [-0.39, 0.29) is 11.9 Å². The van der Waals surface area contributed by atoms with E-state index in [1.165, 1.54) is 0 Å². The molecule has 2 fully saturated rings. The minimum atomic E-state index is -0.0614. The number of hydrogen-bond acceptors (Lipinski definition) is 5. The largest absolute Gasteiger partial charge is 0.352 e. The van der Waals surface area contributed by atoms with Crippen LogP contribution in [-0.2, 0) is 4.79 Å². The van der Waals surface area contributed by atoms with Crippen LogP contribution in [0.2, 0.25) is 0 Å². The maximum atomic E-state index is 12.2. The van der Waals surface area contributed by atoms with Gasteiger partial charge in [-0.2, -0.15) is 5.10 Å². The first-order valence-corrected chi connectivity index (χ1v) is 8.72. The lowest BCUT2D eigenvalue weighted by molar-refractivity contribution is -0.126. The summed E-state index contributed by atoms with van der Waals surface area (Å²) in [5.74, 6) is 1.14. The first kappa shape index (κ1) is 15.4. The molecule has 2 aromatic rings. The smallest absolute Gasteiger partial charge is 0.237 e. The zero-order valence-electron chi connectivity index (χ0n) is 14.3. The maximum Gasteiger partial charge on any atom is 0.237 e. The Morgan fingerprint density at radius 2 is 2.04 bits per heavy atom. The highest BCUT2D eigenvalue weighted by Crippen LogP contribution is 2.22. The third-order valence-electron chi connectivity index (χ3n) is 4.96. The van der Waals surface area contributed by atoms with Gasteiger partial charge in [0.1, 0.15) is 5.52 Å². The monoisotopic (exact) mass is 328 g/mol. The number of nitrogens with one attached hydrogen (secondary N) is 1. The Kier molecular flexibility index (Phi) is 3.88. The van der Waals surface area contributed by atoms with Crippen molar-refractivity contribution in [1.29, 1.82) is 0 Å². The van der Waals surface area contributed by atoms with E-state index in [0.717, 1.165) is 56.0 Å². The summed E-state index contributed by atoms with van der Waals surface area (Å²) >= 11 is 0. The van der Waals surface area contributed by atoms with Crippen molar-refractivity contribution in [2.24, 2.45) is 0 Å². The normalized spacial score (nSPS) is 20.3. The third kappa shape index (κ3) is 2.96. The van der Waals surface area contributed by atoms with Gasteiger partial charge in [-0.05, 0) is 32.8 Å². The number of aryl methyl sites for hydroxylation is 1. The number of carbonyl (C=O) groups is 1. The Bertz CT molecular complexity index is 745. The van der Waals surface area contributed by atoms with Crippen LogP contribution >= 0.6 is 0 Å². The number of rotatable bonds is 4. The summed E-state index contributed by atoms with van der Waals surface area (Å²) in [7, 11) is 0. The number of nitrogens with zero attached hydrogens (tertiary/aromatic N) is 5. The maximum absolute atomic E-state index is 12.2. The Morgan fingerprint density at radius 1 is 1.29 bits per heavy atom. The number of aromatic nitrogens is 3. The van der Waals surface area contributed by atoms with Crippen molar-refractivity contribution in [3.63, 3.8) is 0 Å². The van der Waals surface area contributed by atoms with Gasteiger partial charge in [-0.1, -0.05) is 0 Å². The predicted molar refractivity (Wildman–Crippen MR) is 92.1 cm³/mol. The lowest BCUT2D eigenvalue weighted by Gasteiger charge is -2.38. The molecular formula is C17H24N6O. The number of fused-ring (bicyclic) bond motifs is 1. The molecular weight excluding hydrogens is 304 g/mol. The Morgan fingerprint density at radius 3 is 2.75 bits per heavy atom. The molecule has 4 rings (SSSR count). The zero-order chi connectivity index (χ0) is 16.7. The lowest BCUT2D eigenvalue weighted by Crippen LogP contribution is -2.54. The van der Waals surface area contributed by atoms with E-state index in [2.05, 4.69) is 31.3 Å². The van der Waals surface area contributed by atoms with Gasteiger partial charge in [0.05, 0.1) is 11.7 Å². The molecule has 7 nitrogen and oxygen atoms in total. The summed E-state index contributed by atoms with van der Waals surface area (Å²) in [6.45, 7) is 7.49. The Balaban J connectivity index is 1.42. The summed E-state index contributed by atoms with van der Waals surface area (Å²) in [6.07, 6.45) is 5.94. The number of amides is 1. The molecule has 1 atom stereocenters. The van der Waals surface area contributed by atoms with Crippen LogP contribution in [0.25, 0.3) is 5.52 Å². The quantitative estimate of drug-likeness (QED) is 0.900. The zero-order valence-corrected chi connectivity index (χ0v) is 14.3. The van der Waals surface area contributed by atoms with Gasteiger partial charge in [0.2, 0.25) is 5.91 Å². The van der Waals surface area contributed by atoms with Gasteiger partial charge in [-0.15, -0.1) is 0 Å². The van der Waals surface area contributed by atoms with Crippen LogP contribution in [0.15, 0.2) is 18.5 Å². The molecule has 1 saturated carbocycles. The fraction of sp³-hybridized carbons (Fsp3) is 0.588. The molecule has 7 heteroatoms. The fourth-order valence-corrected chi connectivity index (χ4v) is 3.31. The molecule has 128 valence electrons. The first-order valence-electron chi connectivity index (χ1n) is 8.72. The van der Waals surface area contributed by atoms with Crippen LogP contribution in [0.5, 0.6) is 0 Å². The summed E-state index contributed by atoms with van der Waals surface area (Å²) < 4.78 is 1.88. The van der Waals surface area contributed by atoms with E-state index in [9.17, 15) is 4.79 Å². The van der Waals surface area contributed by atoms with Crippen LogP contribution in [0, 0.1) is 6.92 Å². The fourth-order valence-electron chi connectivity index (χ4n) is 3.31. The predicted octanol–water partition coefficient (Wildman–Crippen LogP) is 0.827. The molecule has 1 saturated heterocycles. The second-order valence-electron chi connectivity index (χ2n) is 6.85. The highest BCUT2D eigenvalue weighted by atomic mass is 16.2. The number of hydrogen-bond donors (Lipinski definition) is 1. The van der Waals surface area contributed by atoms with Crippen molar-refractivity contribution in [3.05, 3.63) is 24.2 Å². The molecule has 0 bridgehead atoms. The lowest BCUT2D eigenvalue weighted by atomic mass is 10.2. The topological polar surface area (TPSA) is 65.8 Å². The first-order chi connectivity index (χ1) is 11.6. The number of anilines is 1. The molecule has 1 aliphatic carbocycles. The van der Waals surface area contributed by atoms with Crippen LogP contribution in [0.1, 0.15) is 25.5 Å². The second kappa shape index (κ2) is 6.05. The Hall–Kier alpha value is -2.15. The van der Waals surface area contributed by atoms with Crippen molar-refractivity contribution in [2.45, 2.75) is 38.8 Å². The summed E-state index contributed by atoms with van der Waals surface area (Å²) in [4.78, 5) is 21.3. The Labute approximate surface area is 141 Å². The standard InChI is InChI=1S/C17H24N6O/c1-12-11-15-16(18-5-6-23(15)20-12)22-9-7-21(8-10-22)13(2)17(24)19-14-3-4-14/h5-6,11,13-14H,3-4,7-10H2,1-2H3,(H,19,24). The van der Waals surface area contributed by atoms with E-state index in [0.29, 0.717) is 6.04 Å². The van der Waals surface area contributed by atoms with Crippen molar-refractivity contribution >= 4 is 17.2 Å². The molecule has 2 aromatic heterocycles. The van der Waals surface area contributed by atoms with Crippen molar-refractivity contribution in [3.8, 4) is 0 Å². The molecule has 1 unspecified atom stereocenters. The third-order valence-corrected chi connectivity index (χ3v) is 4.96. The van der Waals surface area contributed by atoms with Crippen molar-refractivity contribution in [2.75, 3.05) is 31.1 Å². The van der Waals surface area contributed by atoms with Crippen molar-refractivity contribution in [1.82, 2.24) is 24.8 Å². The molecule has 1 N–H and O–H groups in total. The van der Waals surface area contributed by atoms with Crippen LogP contribution in [-0.4, -0.2) is 63.7 Å². The van der Waals surface area contributed by atoms with E-state index in [1.54, 1.807) is 6.20 Å². The van der Waals surface area contributed by atoms with E-state index in [4.69, 9.17) is 0 Å². The van der Waals surface area contributed by atoms with Gasteiger partial charge < -0.3 is 10.2 Å². The van der Waals surface area contributed by atoms with Crippen LogP contribution in [0.3, 0.4) is 0 Å². The van der Waals surface area contributed by atoms with Gasteiger partial charge in [0, 0.05) is 44.6 Å². The highest BCUT2D eigenvalue weighted by molar-refractivity contribution is 5.82. The average Bonchev–Trinajstić information content (AvgIpc) is 3.31. The molecule has 3 heterocycles. The molecule has 24 heavy (non-hydrogen) atoms. The summed E-state index contributed by atoms with van der Waals surface area (Å²) in [5.41, 5.74) is 2.04. The molecule has 0 radical (unpaired) electrons. The summed E-state index contributed by atoms with van der Waals surface area (Å²) in [5, 5.41) is 7.56.